The van der Waals surface area contributed by atoms with Crippen LogP contribution in [0.4, 0.5) is 17.6 Å². The lowest BCUT2D eigenvalue weighted by Crippen LogP contribution is -2.12. The summed E-state index contributed by atoms with van der Waals surface area (Å²) >= 11 is 0. The molecule has 0 N–H and O–H groups in total. The van der Waals surface area contributed by atoms with Crippen LogP contribution in [0.1, 0.15) is 17.8 Å². The van der Waals surface area contributed by atoms with Gasteiger partial charge in [-0.25, -0.2) is 22.2 Å². The van der Waals surface area contributed by atoms with E-state index in [2.05, 4.69) is 10.3 Å². The summed E-state index contributed by atoms with van der Waals surface area (Å²) in [4.78, 5) is 0. The zero-order valence-corrected chi connectivity index (χ0v) is 7.37. The summed E-state index contributed by atoms with van der Waals surface area (Å²) in [5.74, 6) is 0. The van der Waals surface area contributed by atoms with Crippen LogP contribution in [-0.4, -0.2) is 21.4 Å². The third-order valence-electron chi connectivity index (χ3n) is 1.61. The zero-order valence-electron chi connectivity index (χ0n) is 7.37. The van der Waals surface area contributed by atoms with Crippen molar-refractivity contribution in [1.82, 2.24) is 15.0 Å². The van der Waals surface area contributed by atoms with Crippen LogP contribution in [0.15, 0.2) is 0 Å². The smallest absolute Gasteiger partial charge is 0.237 e. The molecule has 0 saturated carbocycles. The number of rotatable bonds is 4. The number of nitriles is 1. The number of hydrogen-bond acceptors (Lipinski definition) is 3. The van der Waals surface area contributed by atoms with Crippen molar-refractivity contribution in [3.63, 3.8) is 0 Å². The molecule has 8 heteroatoms. The van der Waals surface area contributed by atoms with Gasteiger partial charge in [-0.1, -0.05) is 5.21 Å². The molecular weight excluding hydrogens is 216 g/mol. The molecule has 0 aliphatic heterocycles. The minimum absolute atomic E-state index is 0.256. The van der Waals surface area contributed by atoms with Crippen LogP contribution in [0.3, 0.4) is 0 Å². The second kappa shape index (κ2) is 4.72. The first-order chi connectivity index (χ1) is 7.06. The third kappa shape index (κ3) is 2.65. The van der Waals surface area contributed by atoms with Gasteiger partial charge in [-0.3, -0.25) is 0 Å². The van der Waals surface area contributed by atoms with Gasteiger partial charge in [-0.05, 0) is 0 Å². The highest BCUT2D eigenvalue weighted by atomic mass is 19.3. The maximum absolute atomic E-state index is 12.4. The maximum atomic E-state index is 12.4. The van der Waals surface area contributed by atoms with Crippen LogP contribution < -0.4 is 0 Å². The van der Waals surface area contributed by atoms with Gasteiger partial charge in [-0.15, -0.1) is 5.10 Å². The molecule has 0 aliphatic carbocycles. The molecule has 0 fully saturated rings. The topological polar surface area (TPSA) is 54.5 Å². The lowest BCUT2D eigenvalue weighted by molar-refractivity contribution is 0.102. The Hall–Kier alpha value is -1.65. The maximum Gasteiger partial charge on any atom is 0.281 e. The third-order valence-corrected chi connectivity index (χ3v) is 1.61. The van der Waals surface area contributed by atoms with E-state index in [1.165, 1.54) is 0 Å². The van der Waals surface area contributed by atoms with Gasteiger partial charge in [0, 0.05) is 0 Å². The van der Waals surface area contributed by atoms with Gasteiger partial charge in [0.15, 0.2) is 0 Å². The van der Waals surface area contributed by atoms with Gasteiger partial charge in [0.2, 0.25) is 0 Å². The first-order valence-corrected chi connectivity index (χ1v) is 3.91. The average Bonchev–Trinajstić information content (AvgIpc) is 2.47. The van der Waals surface area contributed by atoms with E-state index >= 15 is 0 Å². The fourth-order valence-corrected chi connectivity index (χ4v) is 1.06. The number of halogens is 4. The number of nitrogens with zero attached hydrogens (tertiary/aromatic N) is 4. The van der Waals surface area contributed by atoms with E-state index < -0.39 is 25.1 Å². The molecule has 15 heavy (non-hydrogen) atoms. The predicted octanol–water partition coefficient (Wildman–Crippen LogP) is 1.55. The molecule has 0 aromatic carbocycles. The van der Waals surface area contributed by atoms with Gasteiger partial charge in [-0.2, -0.15) is 5.26 Å². The Morgan fingerprint density at radius 3 is 2.47 bits per heavy atom. The first-order valence-electron chi connectivity index (χ1n) is 3.91. The first kappa shape index (κ1) is 11.4. The van der Waals surface area contributed by atoms with E-state index in [1.54, 1.807) is 6.07 Å². The van der Waals surface area contributed by atoms with E-state index in [0.717, 1.165) is 0 Å². The Bertz CT molecular complexity index is 368. The van der Waals surface area contributed by atoms with Crippen molar-refractivity contribution in [2.45, 2.75) is 25.8 Å². The van der Waals surface area contributed by atoms with Crippen molar-refractivity contribution < 1.29 is 17.6 Å². The SMILES string of the molecule is N#CCc1nnn(CC(F)F)c1C(F)F. The highest BCUT2D eigenvalue weighted by Crippen LogP contribution is 2.22. The second-order valence-corrected chi connectivity index (χ2v) is 2.63. The van der Waals surface area contributed by atoms with Gasteiger partial charge in [0.25, 0.3) is 12.9 Å². The van der Waals surface area contributed by atoms with Crippen molar-refractivity contribution in [2.75, 3.05) is 0 Å². The van der Waals surface area contributed by atoms with E-state index in [4.69, 9.17) is 5.26 Å². The summed E-state index contributed by atoms with van der Waals surface area (Å²) < 4.78 is 49.2. The highest BCUT2D eigenvalue weighted by molar-refractivity contribution is 5.15. The molecule has 0 amide bonds. The Morgan fingerprint density at radius 2 is 2.00 bits per heavy atom. The van der Waals surface area contributed by atoms with Crippen molar-refractivity contribution >= 4 is 0 Å². The molecule has 0 spiro atoms. The molecule has 0 unspecified atom stereocenters. The molecule has 0 aliphatic rings. The molecule has 1 aromatic heterocycles. The minimum atomic E-state index is -2.97. The van der Waals surface area contributed by atoms with Crippen molar-refractivity contribution in [1.29, 1.82) is 5.26 Å². The monoisotopic (exact) mass is 222 g/mol. The van der Waals surface area contributed by atoms with Gasteiger partial charge >= 0.3 is 0 Å². The Labute approximate surface area is 82.1 Å². The summed E-state index contributed by atoms with van der Waals surface area (Å²) in [5.41, 5.74) is -0.968. The highest BCUT2D eigenvalue weighted by Gasteiger charge is 2.23. The molecule has 82 valence electrons. The fraction of sp³-hybridized carbons (Fsp3) is 0.571. The van der Waals surface area contributed by atoms with Gasteiger partial charge in [0.05, 0.1) is 12.5 Å². The zero-order chi connectivity index (χ0) is 11.4. The summed E-state index contributed by atoms with van der Waals surface area (Å²) in [5, 5.41) is 14.7. The van der Waals surface area contributed by atoms with Crippen LogP contribution >= 0.6 is 0 Å². The lowest BCUT2D eigenvalue weighted by Gasteiger charge is -2.04. The number of alkyl halides is 4. The molecule has 0 radical (unpaired) electrons. The fourth-order valence-electron chi connectivity index (χ4n) is 1.06. The average molecular weight is 222 g/mol. The summed E-state index contributed by atoms with van der Waals surface area (Å²) in [6.07, 6.45) is -6.13. The summed E-state index contributed by atoms with van der Waals surface area (Å²) in [6.45, 7) is -0.946. The van der Waals surface area contributed by atoms with E-state index in [-0.39, 0.29) is 12.1 Å². The molecule has 1 heterocycles. The normalized spacial score (nSPS) is 11.0. The van der Waals surface area contributed by atoms with Crippen LogP contribution in [0.5, 0.6) is 0 Å². The standard InChI is InChI=1S/C7H6F4N4/c8-5(9)3-15-6(7(10)11)4(1-2-12)13-14-15/h5,7H,1,3H2. The van der Waals surface area contributed by atoms with Crippen molar-refractivity contribution in [3.05, 3.63) is 11.4 Å². The van der Waals surface area contributed by atoms with Gasteiger partial charge in [0.1, 0.15) is 17.9 Å². The van der Waals surface area contributed by atoms with E-state index in [1.807, 2.05) is 0 Å². The molecule has 4 nitrogen and oxygen atoms in total. The lowest BCUT2D eigenvalue weighted by atomic mass is 10.2. The van der Waals surface area contributed by atoms with Crippen LogP contribution in [-0.2, 0) is 13.0 Å². The Kier molecular flexibility index (Phi) is 3.60. The molecule has 0 saturated heterocycles. The van der Waals surface area contributed by atoms with Crippen LogP contribution in [0.2, 0.25) is 0 Å². The van der Waals surface area contributed by atoms with Crippen LogP contribution in [0.25, 0.3) is 0 Å². The molecule has 0 bridgehead atoms. The second-order valence-electron chi connectivity index (χ2n) is 2.63. The molecule has 1 aromatic rings. The largest absolute Gasteiger partial charge is 0.281 e. The Morgan fingerprint density at radius 1 is 1.33 bits per heavy atom. The summed E-state index contributed by atoms with van der Waals surface area (Å²) in [7, 11) is 0. The molecule has 0 atom stereocenters. The molecular formula is C7H6F4N4. The summed E-state index contributed by atoms with van der Waals surface area (Å²) in [6, 6.07) is 1.61. The quantitative estimate of drug-likeness (QED) is 0.726. The van der Waals surface area contributed by atoms with E-state index in [0.29, 0.717) is 4.68 Å². The minimum Gasteiger partial charge on any atom is -0.237 e. The number of hydrogen-bond donors (Lipinski definition) is 0. The van der Waals surface area contributed by atoms with Crippen molar-refractivity contribution in [3.8, 4) is 6.07 Å². The van der Waals surface area contributed by atoms with Gasteiger partial charge < -0.3 is 0 Å². The number of aromatic nitrogens is 3. The molecule has 1 rings (SSSR count). The predicted molar refractivity (Wildman–Crippen MR) is 40.3 cm³/mol. The van der Waals surface area contributed by atoms with Crippen LogP contribution in [0, 0.1) is 11.3 Å². The Balaban J connectivity index is 3.02. The van der Waals surface area contributed by atoms with Crippen molar-refractivity contribution in [2.24, 2.45) is 0 Å². The van der Waals surface area contributed by atoms with E-state index in [9.17, 15) is 17.6 Å².